The molecule has 1 aliphatic carbocycles. The van der Waals surface area contributed by atoms with Crippen molar-refractivity contribution in [2.75, 3.05) is 0 Å². The number of hydrogen-bond acceptors (Lipinski definition) is 2. The van der Waals surface area contributed by atoms with Gasteiger partial charge in [0.25, 0.3) is 0 Å². The van der Waals surface area contributed by atoms with Crippen LogP contribution in [-0.4, -0.2) is 10.1 Å². The van der Waals surface area contributed by atoms with Crippen LogP contribution in [0.2, 0.25) is 0 Å². The van der Waals surface area contributed by atoms with E-state index in [4.69, 9.17) is 5.11 Å². The highest BCUT2D eigenvalue weighted by Gasteiger charge is 2.13. The van der Waals surface area contributed by atoms with E-state index in [1.54, 1.807) is 6.20 Å². The third-order valence-corrected chi connectivity index (χ3v) is 2.24. The van der Waals surface area contributed by atoms with Gasteiger partial charge in [-0.15, -0.1) is 0 Å². The molecule has 0 saturated carbocycles. The van der Waals surface area contributed by atoms with Crippen molar-refractivity contribution in [1.82, 2.24) is 4.98 Å². The molecule has 0 radical (unpaired) electrons. The van der Waals surface area contributed by atoms with Gasteiger partial charge in [-0.25, -0.2) is 0 Å². The van der Waals surface area contributed by atoms with Gasteiger partial charge in [0.1, 0.15) is 0 Å². The predicted molar refractivity (Wildman–Crippen MR) is 47.8 cm³/mol. The first-order chi connectivity index (χ1) is 5.92. The Bertz CT molecular complexity index is 317. The zero-order valence-electron chi connectivity index (χ0n) is 6.83. The van der Waals surface area contributed by atoms with Crippen molar-refractivity contribution in [2.24, 2.45) is 0 Å². The normalized spacial score (nSPS) is 19.2. The zero-order valence-corrected chi connectivity index (χ0v) is 6.83. The van der Waals surface area contributed by atoms with Gasteiger partial charge in [-0.3, -0.25) is 4.98 Å². The van der Waals surface area contributed by atoms with E-state index in [-0.39, 0.29) is 0 Å². The van der Waals surface area contributed by atoms with Gasteiger partial charge in [0.2, 0.25) is 0 Å². The number of allylic oxidation sites excluding steroid dienone is 1. The fourth-order valence-electron chi connectivity index (χ4n) is 1.64. The Balaban J connectivity index is 2.51. The number of nitrogens with zero attached hydrogens (tertiary/aromatic N) is 1. The van der Waals surface area contributed by atoms with Crippen molar-refractivity contribution in [3.05, 3.63) is 35.8 Å². The van der Waals surface area contributed by atoms with Gasteiger partial charge < -0.3 is 5.11 Å². The van der Waals surface area contributed by atoms with E-state index in [2.05, 4.69) is 11.1 Å². The van der Waals surface area contributed by atoms with Gasteiger partial charge in [-0.2, -0.15) is 0 Å². The maximum absolute atomic E-state index is 8.94. The monoisotopic (exact) mass is 161 g/mol. The number of hydrogen-bond donors (Lipinski definition) is 1. The summed E-state index contributed by atoms with van der Waals surface area (Å²) in [5, 5.41) is 8.94. The first kappa shape index (κ1) is 7.35. The minimum atomic E-state index is 0.945. The molecule has 0 unspecified atom stereocenters. The number of fused-ring (bicyclic) bond motifs is 1. The molecule has 0 amide bonds. The summed E-state index contributed by atoms with van der Waals surface area (Å²) in [6, 6.07) is 4.02. The summed E-state index contributed by atoms with van der Waals surface area (Å²) >= 11 is 0. The molecule has 1 heterocycles. The molecule has 1 aromatic heterocycles. The van der Waals surface area contributed by atoms with E-state index in [9.17, 15) is 0 Å². The minimum Gasteiger partial charge on any atom is -0.515 e. The lowest BCUT2D eigenvalue weighted by atomic mass is 9.92. The molecule has 0 atom stereocenters. The summed E-state index contributed by atoms with van der Waals surface area (Å²) in [4.78, 5) is 4.24. The van der Waals surface area contributed by atoms with Gasteiger partial charge in [0, 0.05) is 11.8 Å². The van der Waals surface area contributed by atoms with Gasteiger partial charge in [-0.1, -0.05) is 6.07 Å². The van der Waals surface area contributed by atoms with E-state index < -0.39 is 0 Å². The molecule has 1 aliphatic rings. The topological polar surface area (TPSA) is 33.1 Å². The van der Waals surface area contributed by atoms with Crippen LogP contribution in [0.15, 0.2) is 24.6 Å². The Morgan fingerprint density at radius 1 is 1.42 bits per heavy atom. The SMILES string of the molecule is O/C=C1/CCCc2cccnc21. The van der Waals surface area contributed by atoms with Crippen LogP contribution < -0.4 is 0 Å². The third-order valence-electron chi connectivity index (χ3n) is 2.24. The number of aryl methyl sites for hydroxylation is 1. The van der Waals surface area contributed by atoms with Crippen molar-refractivity contribution in [2.45, 2.75) is 19.3 Å². The first-order valence-electron chi connectivity index (χ1n) is 4.19. The highest BCUT2D eigenvalue weighted by Crippen LogP contribution is 2.27. The molecule has 0 spiro atoms. The first-order valence-corrected chi connectivity index (χ1v) is 4.19. The standard InChI is InChI=1S/C10H11NO/c12-7-9-4-1-3-8-5-2-6-11-10(8)9/h2,5-7,12H,1,3-4H2/b9-7-. The highest BCUT2D eigenvalue weighted by atomic mass is 16.2. The Morgan fingerprint density at radius 2 is 2.33 bits per heavy atom. The average molecular weight is 161 g/mol. The molecular weight excluding hydrogens is 150 g/mol. The number of aromatic nitrogens is 1. The Hall–Kier alpha value is -1.31. The quantitative estimate of drug-likeness (QED) is 0.592. The van der Waals surface area contributed by atoms with Crippen LogP contribution in [0.3, 0.4) is 0 Å². The van der Waals surface area contributed by atoms with E-state index in [1.807, 2.05) is 6.07 Å². The number of pyridine rings is 1. The van der Waals surface area contributed by atoms with E-state index in [0.29, 0.717) is 0 Å². The fraction of sp³-hybridized carbons (Fsp3) is 0.300. The Labute approximate surface area is 71.6 Å². The number of aliphatic hydroxyl groups is 1. The molecule has 0 bridgehead atoms. The maximum Gasteiger partial charge on any atom is 0.0845 e. The van der Waals surface area contributed by atoms with Crippen molar-refractivity contribution >= 4 is 5.57 Å². The smallest absolute Gasteiger partial charge is 0.0845 e. The fourth-order valence-corrected chi connectivity index (χ4v) is 1.64. The molecule has 2 heteroatoms. The van der Waals surface area contributed by atoms with Crippen LogP contribution in [0.5, 0.6) is 0 Å². The molecular formula is C10H11NO. The molecule has 0 saturated heterocycles. The molecule has 0 aliphatic heterocycles. The average Bonchev–Trinajstić information content (AvgIpc) is 2.17. The van der Waals surface area contributed by atoms with Crippen molar-refractivity contribution in [3.63, 3.8) is 0 Å². The maximum atomic E-state index is 8.94. The lowest BCUT2D eigenvalue weighted by Gasteiger charge is -2.15. The highest BCUT2D eigenvalue weighted by molar-refractivity contribution is 5.65. The molecule has 0 fully saturated rings. The molecule has 12 heavy (non-hydrogen) atoms. The largest absolute Gasteiger partial charge is 0.515 e. The second kappa shape index (κ2) is 2.97. The van der Waals surface area contributed by atoms with Crippen molar-refractivity contribution in [3.8, 4) is 0 Å². The number of rotatable bonds is 0. The van der Waals surface area contributed by atoms with E-state index >= 15 is 0 Å². The van der Waals surface area contributed by atoms with Gasteiger partial charge in [0.15, 0.2) is 0 Å². The van der Waals surface area contributed by atoms with Crippen LogP contribution in [0.4, 0.5) is 0 Å². The summed E-state index contributed by atoms with van der Waals surface area (Å²) in [5.41, 5.74) is 3.20. The molecule has 0 aromatic carbocycles. The van der Waals surface area contributed by atoms with Crippen LogP contribution in [0.25, 0.3) is 5.57 Å². The third kappa shape index (κ3) is 1.09. The summed E-state index contributed by atoms with van der Waals surface area (Å²) < 4.78 is 0. The Morgan fingerprint density at radius 3 is 3.17 bits per heavy atom. The molecule has 1 N–H and O–H groups in total. The van der Waals surface area contributed by atoms with E-state index in [1.165, 1.54) is 11.8 Å². The predicted octanol–water partition coefficient (Wildman–Crippen LogP) is 2.32. The van der Waals surface area contributed by atoms with Crippen LogP contribution in [0.1, 0.15) is 24.1 Å². The van der Waals surface area contributed by atoms with Crippen LogP contribution in [-0.2, 0) is 6.42 Å². The van der Waals surface area contributed by atoms with Crippen LogP contribution >= 0.6 is 0 Å². The van der Waals surface area contributed by atoms with Gasteiger partial charge in [0.05, 0.1) is 12.0 Å². The summed E-state index contributed by atoms with van der Waals surface area (Å²) in [6.45, 7) is 0. The van der Waals surface area contributed by atoms with Gasteiger partial charge >= 0.3 is 0 Å². The summed E-state index contributed by atoms with van der Waals surface area (Å²) in [7, 11) is 0. The van der Waals surface area contributed by atoms with Crippen LogP contribution in [0, 0.1) is 0 Å². The minimum absolute atomic E-state index is 0.945. The zero-order chi connectivity index (χ0) is 8.39. The Kier molecular flexibility index (Phi) is 1.82. The van der Waals surface area contributed by atoms with Crippen molar-refractivity contribution in [1.29, 1.82) is 0 Å². The van der Waals surface area contributed by atoms with Gasteiger partial charge in [-0.05, 0) is 30.9 Å². The summed E-state index contributed by atoms with van der Waals surface area (Å²) in [5.74, 6) is 0. The van der Waals surface area contributed by atoms with E-state index in [0.717, 1.165) is 30.5 Å². The molecule has 2 rings (SSSR count). The molecule has 1 aromatic rings. The van der Waals surface area contributed by atoms with Crippen molar-refractivity contribution < 1.29 is 5.11 Å². The molecule has 2 nitrogen and oxygen atoms in total. The lowest BCUT2D eigenvalue weighted by Crippen LogP contribution is -2.03. The second-order valence-corrected chi connectivity index (χ2v) is 3.02. The molecule has 62 valence electrons. The lowest BCUT2D eigenvalue weighted by molar-refractivity contribution is 0.472. The number of aliphatic hydroxyl groups excluding tert-OH is 1. The summed E-state index contributed by atoms with van der Waals surface area (Å²) in [6.07, 6.45) is 6.10. The second-order valence-electron chi connectivity index (χ2n) is 3.02.